The van der Waals surface area contributed by atoms with Crippen LogP contribution in [0.4, 0.5) is 0 Å². The highest BCUT2D eigenvalue weighted by Gasteiger charge is 2.09. The standard InChI is InChI=1S/C19H20N2O2S2/c1-12-4-5-14(10-17(12)23-3)19(22)20-9-8-15-6-7-18(25-15)16-11-24-13(2)21-16/h4-7,10-11H,8-9H2,1-3H3,(H,20,22). The summed E-state index contributed by atoms with van der Waals surface area (Å²) >= 11 is 3.39. The third kappa shape index (κ3) is 4.27. The van der Waals surface area contributed by atoms with Crippen LogP contribution in [0.2, 0.25) is 0 Å². The lowest BCUT2D eigenvalue weighted by atomic mass is 10.1. The number of rotatable bonds is 6. The van der Waals surface area contributed by atoms with Crippen LogP contribution in [0, 0.1) is 13.8 Å². The molecule has 0 aliphatic rings. The summed E-state index contributed by atoms with van der Waals surface area (Å²) in [6.07, 6.45) is 0.808. The molecule has 130 valence electrons. The minimum atomic E-state index is -0.0785. The van der Waals surface area contributed by atoms with Crippen LogP contribution in [0.15, 0.2) is 35.7 Å². The molecule has 3 aromatic rings. The van der Waals surface area contributed by atoms with E-state index in [-0.39, 0.29) is 5.91 Å². The Balaban J connectivity index is 1.56. The first kappa shape index (κ1) is 17.6. The number of aromatic nitrogens is 1. The average molecular weight is 373 g/mol. The largest absolute Gasteiger partial charge is 0.496 e. The number of nitrogens with zero attached hydrogens (tertiary/aromatic N) is 1. The maximum Gasteiger partial charge on any atom is 0.251 e. The number of benzene rings is 1. The van der Waals surface area contributed by atoms with Gasteiger partial charge in [0.2, 0.25) is 0 Å². The normalized spacial score (nSPS) is 10.7. The second kappa shape index (κ2) is 7.80. The van der Waals surface area contributed by atoms with Crippen LogP contribution in [-0.4, -0.2) is 24.5 Å². The van der Waals surface area contributed by atoms with Crippen LogP contribution in [0.25, 0.3) is 10.6 Å². The monoisotopic (exact) mass is 372 g/mol. The molecule has 2 aromatic heterocycles. The molecule has 0 unspecified atom stereocenters. The summed E-state index contributed by atoms with van der Waals surface area (Å²) in [5.74, 6) is 0.652. The van der Waals surface area contributed by atoms with Gasteiger partial charge in [-0.1, -0.05) is 6.07 Å². The molecule has 0 saturated heterocycles. The van der Waals surface area contributed by atoms with Gasteiger partial charge >= 0.3 is 0 Å². The molecule has 0 fully saturated rings. The molecule has 0 atom stereocenters. The summed E-state index contributed by atoms with van der Waals surface area (Å²) in [6, 6.07) is 9.70. The quantitative estimate of drug-likeness (QED) is 0.694. The third-order valence-electron chi connectivity index (χ3n) is 3.86. The molecule has 0 radical (unpaired) electrons. The molecule has 4 nitrogen and oxygen atoms in total. The highest BCUT2D eigenvalue weighted by molar-refractivity contribution is 7.16. The predicted molar refractivity (Wildman–Crippen MR) is 104 cm³/mol. The highest BCUT2D eigenvalue weighted by atomic mass is 32.1. The fourth-order valence-electron chi connectivity index (χ4n) is 2.49. The van der Waals surface area contributed by atoms with Crippen molar-refractivity contribution in [2.75, 3.05) is 13.7 Å². The summed E-state index contributed by atoms with van der Waals surface area (Å²) in [5, 5.41) is 6.13. The molecule has 1 amide bonds. The predicted octanol–water partition coefficient (Wildman–Crippen LogP) is 4.47. The number of thiophene rings is 1. The van der Waals surface area contributed by atoms with Crippen LogP contribution in [0.1, 0.15) is 25.8 Å². The molecule has 3 rings (SSSR count). The van der Waals surface area contributed by atoms with E-state index in [0.29, 0.717) is 12.1 Å². The zero-order valence-electron chi connectivity index (χ0n) is 14.5. The number of amides is 1. The van der Waals surface area contributed by atoms with Crippen molar-refractivity contribution in [3.8, 4) is 16.3 Å². The number of hydrogen-bond donors (Lipinski definition) is 1. The van der Waals surface area contributed by atoms with Gasteiger partial charge in [-0.3, -0.25) is 4.79 Å². The summed E-state index contributed by atoms with van der Waals surface area (Å²) in [5.41, 5.74) is 2.67. The topological polar surface area (TPSA) is 51.2 Å². The van der Waals surface area contributed by atoms with Crippen LogP contribution in [0.5, 0.6) is 5.75 Å². The first-order chi connectivity index (χ1) is 12.1. The Hall–Kier alpha value is -2.18. The van der Waals surface area contributed by atoms with Gasteiger partial charge in [-0.05, 0) is 50.1 Å². The number of thiazole rings is 1. The van der Waals surface area contributed by atoms with E-state index in [4.69, 9.17) is 4.74 Å². The second-order valence-corrected chi connectivity index (χ2v) is 7.94. The Labute approximate surface area is 155 Å². The van der Waals surface area contributed by atoms with E-state index >= 15 is 0 Å². The van der Waals surface area contributed by atoms with E-state index in [1.165, 1.54) is 9.75 Å². The minimum absolute atomic E-state index is 0.0785. The molecule has 25 heavy (non-hydrogen) atoms. The molecule has 0 aliphatic carbocycles. The number of ether oxygens (including phenoxy) is 1. The average Bonchev–Trinajstić information content (AvgIpc) is 3.24. The van der Waals surface area contributed by atoms with Crippen molar-refractivity contribution in [1.29, 1.82) is 0 Å². The van der Waals surface area contributed by atoms with Gasteiger partial charge in [0, 0.05) is 22.4 Å². The fourth-order valence-corrected chi connectivity index (χ4v) is 4.14. The zero-order chi connectivity index (χ0) is 17.8. The lowest BCUT2D eigenvalue weighted by molar-refractivity contribution is 0.0954. The van der Waals surface area contributed by atoms with Crippen molar-refractivity contribution in [3.05, 3.63) is 56.7 Å². The van der Waals surface area contributed by atoms with Gasteiger partial charge in [0.25, 0.3) is 5.91 Å². The van der Waals surface area contributed by atoms with Crippen molar-refractivity contribution < 1.29 is 9.53 Å². The molecular weight excluding hydrogens is 352 g/mol. The number of methoxy groups -OCH3 is 1. The Morgan fingerprint density at radius 3 is 2.80 bits per heavy atom. The maximum absolute atomic E-state index is 12.3. The molecule has 0 saturated carbocycles. The number of nitrogens with one attached hydrogen (secondary N) is 1. The van der Waals surface area contributed by atoms with Gasteiger partial charge in [0.15, 0.2) is 0 Å². The Morgan fingerprint density at radius 1 is 1.24 bits per heavy atom. The van der Waals surface area contributed by atoms with Crippen LogP contribution in [0.3, 0.4) is 0 Å². The lowest BCUT2D eigenvalue weighted by Crippen LogP contribution is -2.25. The number of hydrogen-bond acceptors (Lipinski definition) is 5. The van der Waals surface area contributed by atoms with Gasteiger partial charge in [0.1, 0.15) is 5.75 Å². The maximum atomic E-state index is 12.3. The highest BCUT2D eigenvalue weighted by Crippen LogP contribution is 2.29. The van der Waals surface area contributed by atoms with Crippen molar-refractivity contribution in [2.45, 2.75) is 20.3 Å². The molecule has 6 heteroatoms. The molecule has 0 aliphatic heterocycles. The first-order valence-corrected chi connectivity index (χ1v) is 9.70. The minimum Gasteiger partial charge on any atom is -0.496 e. The number of carbonyl (C=O) groups is 1. The lowest BCUT2D eigenvalue weighted by Gasteiger charge is -2.08. The summed E-state index contributed by atoms with van der Waals surface area (Å²) < 4.78 is 5.27. The smallest absolute Gasteiger partial charge is 0.251 e. The first-order valence-electron chi connectivity index (χ1n) is 8.01. The van der Waals surface area contributed by atoms with E-state index in [1.54, 1.807) is 35.8 Å². The number of aryl methyl sites for hydroxylation is 2. The van der Waals surface area contributed by atoms with E-state index in [2.05, 4.69) is 27.8 Å². The molecule has 2 heterocycles. The van der Waals surface area contributed by atoms with Crippen molar-refractivity contribution in [1.82, 2.24) is 10.3 Å². The summed E-state index contributed by atoms with van der Waals surface area (Å²) in [4.78, 5) is 19.2. The van der Waals surface area contributed by atoms with E-state index in [0.717, 1.165) is 28.4 Å². The van der Waals surface area contributed by atoms with E-state index < -0.39 is 0 Å². The molecule has 0 bridgehead atoms. The molecule has 1 aromatic carbocycles. The Morgan fingerprint density at radius 2 is 2.08 bits per heavy atom. The van der Waals surface area contributed by atoms with Gasteiger partial charge < -0.3 is 10.1 Å². The fraction of sp³-hybridized carbons (Fsp3) is 0.263. The SMILES string of the molecule is COc1cc(C(=O)NCCc2ccc(-c3csc(C)n3)s2)ccc1C. The van der Waals surface area contributed by atoms with Crippen molar-refractivity contribution >= 4 is 28.6 Å². The van der Waals surface area contributed by atoms with Gasteiger partial charge in [-0.2, -0.15) is 0 Å². The number of carbonyl (C=O) groups excluding carboxylic acids is 1. The van der Waals surface area contributed by atoms with E-state index in [9.17, 15) is 4.79 Å². The molecular formula is C19H20N2O2S2. The van der Waals surface area contributed by atoms with Gasteiger partial charge in [0.05, 0.1) is 22.7 Å². The Kier molecular flexibility index (Phi) is 5.50. The van der Waals surface area contributed by atoms with Crippen LogP contribution < -0.4 is 10.1 Å². The van der Waals surface area contributed by atoms with Crippen molar-refractivity contribution in [2.24, 2.45) is 0 Å². The van der Waals surface area contributed by atoms with Crippen LogP contribution in [-0.2, 0) is 6.42 Å². The van der Waals surface area contributed by atoms with E-state index in [1.807, 2.05) is 26.0 Å². The zero-order valence-corrected chi connectivity index (χ0v) is 16.1. The van der Waals surface area contributed by atoms with Gasteiger partial charge in [-0.25, -0.2) is 4.98 Å². The Bertz CT molecular complexity index is 883. The summed E-state index contributed by atoms with van der Waals surface area (Å²) in [6.45, 7) is 4.57. The molecule has 0 spiro atoms. The van der Waals surface area contributed by atoms with Crippen molar-refractivity contribution in [3.63, 3.8) is 0 Å². The second-order valence-electron chi connectivity index (χ2n) is 5.71. The summed E-state index contributed by atoms with van der Waals surface area (Å²) in [7, 11) is 1.61. The molecule has 1 N–H and O–H groups in total. The third-order valence-corrected chi connectivity index (χ3v) is 5.80. The van der Waals surface area contributed by atoms with Crippen LogP contribution >= 0.6 is 22.7 Å². The van der Waals surface area contributed by atoms with Gasteiger partial charge in [-0.15, -0.1) is 22.7 Å².